The Kier molecular flexibility index (Phi) is 7.95. The summed E-state index contributed by atoms with van der Waals surface area (Å²) in [7, 11) is 0. The SMILES string of the molecule is CCCOCC(=O)NCCBr. The minimum Gasteiger partial charge on any atom is -0.372 e. The van der Waals surface area contributed by atoms with Crippen molar-refractivity contribution < 1.29 is 9.53 Å². The number of ether oxygens (including phenoxy) is 1. The van der Waals surface area contributed by atoms with Gasteiger partial charge in [0.05, 0.1) is 0 Å². The van der Waals surface area contributed by atoms with Gasteiger partial charge in [0.15, 0.2) is 0 Å². The molecule has 1 N–H and O–H groups in total. The van der Waals surface area contributed by atoms with Crippen molar-refractivity contribution in [2.24, 2.45) is 0 Å². The molecule has 0 saturated heterocycles. The first-order chi connectivity index (χ1) is 5.31. The summed E-state index contributed by atoms with van der Waals surface area (Å²) in [4.78, 5) is 10.8. The average Bonchev–Trinajstić information content (AvgIpc) is 2.01. The standard InChI is InChI=1S/C7H14BrNO2/c1-2-5-11-6-7(10)9-4-3-8/h2-6H2,1H3,(H,9,10). The third-order valence-electron chi connectivity index (χ3n) is 0.998. The van der Waals surface area contributed by atoms with Crippen LogP contribution in [0.4, 0.5) is 0 Å². The summed E-state index contributed by atoms with van der Waals surface area (Å²) in [6.45, 7) is 3.51. The van der Waals surface area contributed by atoms with Gasteiger partial charge in [0.2, 0.25) is 5.91 Å². The van der Waals surface area contributed by atoms with Gasteiger partial charge in [-0.1, -0.05) is 22.9 Å². The van der Waals surface area contributed by atoms with E-state index in [1.54, 1.807) is 0 Å². The molecule has 0 aliphatic heterocycles. The van der Waals surface area contributed by atoms with E-state index in [1.165, 1.54) is 0 Å². The fourth-order valence-corrected chi connectivity index (χ4v) is 0.745. The van der Waals surface area contributed by atoms with Crippen molar-refractivity contribution in [1.29, 1.82) is 0 Å². The summed E-state index contributed by atoms with van der Waals surface area (Å²) in [5.41, 5.74) is 0. The summed E-state index contributed by atoms with van der Waals surface area (Å²) < 4.78 is 5.01. The first kappa shape index (κ1) is 10.9. The Morgan fingerprint density at radius 2 is 2.36 bits per heavy atom. The molecule has 0 rings (SSSR count). The van der Waals surface area contributed by atoms with Crippen LogP contribution >= 0.6 is 15.9 Å². The third kappa shape index (κ3) is 7.81. The highest BCUT2D eigenvalue weighted by Crippen LogP contribution is 1.80. The summed E-state index contributed by atoms with van der Waals surface area (Å²) in [5.74, 6) is -0.0436. The van der Waals surface area contributed by atoms with Crippen LogP contribution in [0.3, 0.4) is 0 Å². The van der Waals surface area contributed by atoms with Crippen LogP contribution in [-0.4, -0.2) is 31.0 Å². The van der Waals surface area contributed by atoms with Gasteiger partial charge in [-0.3, -0.25) is 4.79 Å². The largest absolute Gasteiger partial charge is 0.372 e. The first-order valence-corrected chi connectivity index (χ1v) is 4.83. The molecular weight excluding hydrogens is 210 g/mol. The zero-order valence-corrected chi connectivity index (χ0v) is 8.32. The van der Waals surface area contributed by atoms with Crippen molar-refractivity contribution in [2.75, 3.05) is 25.1 Å². The fourth-order valence-electron chi connectivity index (χ4n) is 0.547. The molecule has 0 saturated carbocycles. The third-order valence-corrected chi connectivity index (χ3v) is 1.39. The molecule has 0 aliphatic rings. The van der Waals surface area contributed by atoms with E-state index in [0.29, 0.717) is 13.2 Å². The monoisotopic (exact) mass is 223 g/mol. The molecule has 0 aromatic heterocycles. The van der Waals surface area contributed by atoms with E-state index in [4.69, 9.17) is 4.74 Å². The zero-order valence-electron chi connectivity index (χ0n) is 6.73. The lowest BCUT2D eigenvalue weighted by atomic mass is 10.5. The van der Waals surface area contributed by atoms with Crippen molar-refractivity contribution in [2.45, 2.75) is 13.3 Å². The number of alkyl halides is 1. The molecule has 4 heteroatoms. The van der Waals surface area contributed by atoms with Crippen LogP contribution in [0.5, 0.6) is 0 Å². The van der Waals surface area contributed by atoms with Crippen LogP contribution in [0.1, 0.15) is 13.3 Å². The molecule has 0 bridgehead atoms. The number of hydrogen-bond acceptors (Lipinski definition) is 2. The minimum absolute atomic E-state index is 0.0436. The van der Waals surface area contributed by atoms with Gasteiger partial charge in [-0.15, -0.1) is 0 Å². The normalized spacial score (nSPS) is 9.64. The van der Waals surface area contributed by atoms with Gasteiger partial charge >= 0.3 is 0 Å². The molecule has 0 radical (unpaired) electrons. The lowest BCUT2D eigenvalue weighted by Crippen LogP contribution is -2.29. The lowest BCUT2D eigenvalue weighted by molar-refractivity contribution is -0.125. The Morgan fingerprint density at radius 3 is 2.91 bits per heavy atom. The highest BCUT2D eigenvalue weighted by Gasteiger charge is 1.97. The van der Waals surface area contributed by atoms with Crippen LogP contribution in [0, 0.1) is 0 Å². The van der Waals surface area contributed by atoms with Crippen LogP contribution in [0.25, 0.3) is 0 Å². The first-order valence-electron chi connectivity index (χ1n) is 3.71. The number of hydrogen-bond donors (Lipinski definition) is 1. The van der Waals surface area contributed by atoms with Gasteiger partial charge in [-0.2, -0.15) is 0 Å². The topological polar surface area (TPSA) is 38.3 Å². The highest BCUT2D eigenvalue weighted by atomic mass is 79.9. The molecule has 0 aromatic carbocycles. The van der Waals surface area contributed by atoms with E-state index < -0.39 is 0 Å². The molecule has 0 aromatic rings. The minimum atomic E-state index is -0.0436. The number of nitrogens with one attached hydrogen (secondary N) is 1. The zero-order chi connectivity index (χ0) is 8.53. The highest BCUT2D eigenvalue weighted by molar-refractivity contribution is 9.09. The summed E-state index contributed by atoms with van der Waals surface area (Å²) in [5, 5.41) is 3.46. The number of carbonyl (C=O) groups is 1. The molecule has 0 fully saturated rings. The summed E-state index contributed by atoms with van der Waals surface area (Å²) >= 11 is 3.20. The van der Waals surface area contributed by atoms with Gasteiger partial charge in [-0.25, -0.2) is 0 Å². The van der Waals surface area contributed by atoms with E-state index in [-0.39, 0.29) is 12.5 Å². The predicted octanol–water partition coefficient (Wildman–Crippen LogP) is 0.924. The smallest absolute Gasteiger partial charge is 0.246 e. The summed E-state index contributed by atoms with van der Waals surface area (Å²) in [6, 6.07) is 0. The van der Waals surface area contributed by atoms with Crippen LogP contribution in [-0.2, 0) is 9.53 Å². The molecule has 66 valence electrons. The second-order valence-corrected chi connectivity index (χ2v) is 2.88. The van der Waals surface area contributed by atoms with Crippen LogP contribution in [0.2, 0.25) is 0 Å². The van der Waals surface area contributed by atoms with Gasteiger partial charge in [-0.05, 0) is 6.42 Å². The maximum atomic E-state index is 10.8. The number of carbonyl (C=O) groups excluding carboxylic acids is 1. The van der Waals surface area contributed by atoms with Crippen molar-refractivity contribution in [1.82, 2.24) is 5.32 Å². The quantitative estimate of drug-likeness (QED) is 0.538. The average molecular weight is 224 g/mol. The van der Waals surface area contributed by atoms with Crippen molar-refractivity contribution in [3.63, 3.8) is 0 Å². The molecule has 0 spiro atoms. The second kappa shape index (κ2) is 8.01. The fraction of sp³-hybridized carbons (Fsp3) is 0.857. The molecule has 0 unspecified atom stereocenters. The van der Waals surface area contributed by atoms with Gasteiger partial charge in [0.25, 0.3) is 0 Å². The van der Waals surface area contributed by atoms with Crippen molar-refractivity contribution >= 4 is 21.8 Å². The van der Waals surface area contributed by atoms with E-state index in [9.17, 15) is 4.79 Å². The van der Waals surface area contributed by atoms with Crippen molar-refractivity contribution in [3.8, 4) is 0 Å². The van der Waals surface area contributed by atoms with Crippen LogP contribution < -0.4 is 5.32 Å². The maximum Gasteiger partial charge on any atom is 0.246 e. The Bertz CT molecular complexity index is 109. The van der Waals surface area contributed by atoms with Crippen LogP contribution in [0.15, 0.2) is 0 Å². The predicted molar refractivity (Wildman–Crippen MR) is 47.9 cm³/mol. The Morgan fingerprint density at radius 1 is 1.64 bits per heavy atom. The number of amides is 1. The molecule has 0 aliphatic carbocycles. The summed E-state index contributed by atoms with van der Waals surface area (Å²) in [6.07, 6.45) is 0.950. The van der Waals surface area contributed by atoms with E-state index in [0.717, 1.165) is 11.8 Å². The molecule has 11 heavy (non-hydrogen) atoms. The molecule has 1 amide bonds. The number of rotatable bonds is 6. The van der Waals surface area contributed by atoms with Gasteiger partial charge in [0.1, 0.15) is 6.61 Å². The second-order valence-electron chi connectivity index (χ2n) is 2.09. The van der Waals surface area contributed by atoms with Gasteiger partial charge in [0, 0.05) is 18.5 Å². The molecule has 0 heterocycles. The van der Waals surface area contributed by atoms with E-state index in [2.05, 4.69) is 21.2 Å². The Hall–Kier alpha value is -0.0900. The van der Waals surface area contributed by atoms with Gasteiger partial charge < -0.3 is 10.1 Å². The lowest BCUT2D eigenvalue weighted by Gasteiger charge is -2.02. The Labute approximate surface area is 75.6 Å². The Balaban J connectivity index is 3.09. The van der Waals surface area contributed by atoms with Crippen molar-refractivity contribution in [3.05, 3.63) is 0 Å². The molecule has 0 atom stereocenters. The van der Waals surface area contributed by atoms with E-state index >= 15 is 0 Å². The molecule has 3 nitrogen and oxygen atoms in total. The molecular formula is C7H14BrNO2. The number of halogens is 1. The van der Waals surface area contributed by atoms with E-state index in [1.807, 2.05) is 6.92 Å². The maximum absolute atomic E-state index is 10.8.